The summed E-state index contributed by atoms with van der Waals surface area (Å²) in [4.78, 5) is 13.1. The van der Waals surface area contributed by atoms with E-state index in [2.05, 4.69) is 0 Å². The summed E-state index contributed by atoms with van der Waals surface area (Å²) >= 11 is 0. The van der Waals surface area contributed by atoms with Gasteiger partial charge in [-0.1, -0.05) is 13.3 Å². The van der Waals surface area contributed by atoms with Crippen molar-refractivity contribution in [1.29, 1.82) is 0 Å². The Morgan fingerprint density at radius 3 is 2.90 bits per heavy atom. The van der Waals surface area contributed by atoms with E-state index in [9.17, 15) is 4.79 Å². The maximum absolute atomic E-state index is 11.3. The van der Waals surface area contributed by atoms with Crippen molar-refractivity contribution in [3.05, 3.63) is 0 Å². The van der Waals surface area contributed by atoms with Crippen LogP contribution in [-0.4, -0.2) is 24.4 Å². The summed E-state index contributed by atoms with van der Waals surface area (Å²) in [7, 11) is 1.89. The Morgan fingerprint density at radius 2 is 2.20 bits per heavy atom. The second kappa shape index (κ2) is 3.04. The molecule has 1 rings (SSSR count). The molecule has 10 heavy (non-hydrogen) atoms. The topological polar surface area (TPSA) is 20.3 Å². The number of carbonyl (C=O) groups excluding carboxylic acids is 1. The minimum Gasteiger partial charge on any atom is -0.346 e. The molecule has 1 saturated heterocycles. The molecule has 0 saturated carbocycles. The monoisotopic (exact) mass is 141 g/mol. The van der Waals surface area contributed by atoms with Gasteiger partial charge in [-0.15, -0.1) is 0 Å². The van der Waals surface area contributed by atoms with Gasteiger partial charge >= 0.3 is 0 Å². The Kier molecular flexibility index (Phi) is 2.30. The molecular formula is C8H15NO. The van der Waals surface area contributed by atoms with Gasteiger partial charge in [-0.05, 0) is 12.8 Å². The highest BCUT2D eigenvalue weighted by Gasteiger charge is 2.19. The molecule has 2 nitrogen and oxygen atoms in total. The highest BCUT2D eigenvalue weighted by Crippen LogP contribution is 2.15. The average Bonchev–Trinajstić information content (AvgIpc) is 2.04. The van der Waals surface area contributed by atoms with E-state index in [1.54, 1.807) is 0 Å². The van der Waals surface area contributed by atoms with Crippen molar-refractivity contribution in [2.45, 2.75) is 26.2 Å². The fourth-order valence-electron chi connectivity index (χ4n) is 1.41. The minimum atomic E-state index is 0.257. The van der Waals surface area contributed by atoms with Gasteiger partial charge in [-0.25, -0.2) is 0 Å². The molecule has 2 heteroatoms. The zero-order valence-corrected chi connectivity index (χ0v) is 6.76. The maximum atomic E-state index is 11.3. The van der Waals surface area contributed by atoms with Gasteiger partial charge in [0.15, 0.2) is 0 Å². The van der Waals surface area contributed by atoms with Crippen LogP contribution in [0.3, 0.4) is 0 Å². The number of nitrogens with zero attached hydrogens (tertiary/aromatic N) is 1. The molecule has 0 aromatic carbocycles. The van der Waals surface area contributed by atoms with E-state index in [-0.39, 0.29) is 5.92 Å². The first kappa shape index (κ1) is 7.58. The predicted octanol–water partition coefficient (Wildman–Crippen LogP) is 1.26. The molecule has 1 fully saturated rings. The van der Waals surface area contributed by atoms with E-state index in [4.69, 9.17) is 0 Å². The molecule has 0 unspecified atom stereocenters. The molecule has 1 aliphatic rings. The van der Waals surface area contributed by atoms with Crippen molar-refractivity contribution in [2.75, 3.05) is 13.6 Å². The zero-order chi connectivity index (χ0) is 7.56. The third-order valence-corrected chi connectivity index (χ3v) is 2.18. The SMILES string of the molecule is C[C@@H]1CCCCN(C)C1=O. The Morgan fingerprint density at radius 1 is 1.50 bits per heavy atom. The van der Waals surface area contributed by atoms with Gasteiger partial charge in [0, 0.05) is 19.5 Å². The Hall–Kier alpha value is -0.530. The van der Waals surface area contributed by atoms with E-state index in [0.717, 1.165) is 13.0 Å². The van der Waals surface area contributed by atoms with Gasteiger partial charge in [0.1, 0.15) is 0 Å². The van der Waals surface area contributed by atoms with Crippen LogP contribution >= 0.6 is 0 Å². The third-order valence-electron chi connectivity index (χ3n) is 2.18. The lowest BCUT2D eigenvalue weighted by Crippen LogP contribution is -2.29. The smallest absolute Gasteiger partial charge is 0.225 e. The van der Waals surface area contributed by atoms with Crippen molar-refractivity contribution in [3.8, 4) is 0 Å². The van der Waals surface area contributed by atoms with Gasteiger partial charge in [0.25, 0.3) is 0 Å². The van der Waals surface area contributed by atoms with E-state index >= 15 is 0 Å². The first-order valence-corrected chi connectivity index (χ1v) is 3.97. The molecule has 58 valence electrons. The van der Waals surface area contributed by atoms with E-state index < -0.39 is 0 Å². The van der Waals surface area contributed by atoms with Crippen LogP contribution in [0.25, 0.3) is 0 Å². The first-order valence-electron chi connectivity index (χ1n) is 3.97. The number of likely N-dealkylation sites (tertiary alicyclic amines) is 1. The van der Waals surface area contributed by atoms with Crippen LogP contribution in [0.4, 0.5) is 0 Å². The number of carbonyl (C=O) groups is 1. The molecule has 1 amide bonds. The van der Waals surface area contributed by atoms with E-state index in [1.807, 2.05) is 18.9 Å². The summed E-state index contributed by atoms with van der Waals surface area (Å²) < 4.78 is 0. The second-order valence-electron chi connectivity index (χ2n) is 3.16. The van der Waals surface area contributed by atoms with Gasteiger partial charge in [-0.3, -0.25) is 4.79 Å². The summed E-state index contributed by atoms with van der Waals surface area (Å²) in [6.45, 7) is 2.97. The number of hydrogen-bond acceptors (Lipinski definition) is 1. The fraction of sp³-hybridized carbons (Fsp3) is 0.875. The molecule has 0 bridgehead atoms. The molecule has 1 heterocycles. The lowest BCUT2D eigenvalue weighted by molar-refractivity contribution is -0.133. The lowest BCUT2D eigenvalue weighted by atomic mass is 10.1. The molecule has 0 radical (unpaired) electrons. The molecule has 0 aromatic heterocycles. The van der Waals surface area contributed by atoms with Crippen LogP contribution in [0, 0.1) is 5.92 Å². The van der Waals surface area contributed by atoms with Crippen LogP contribution in [-0.2, 0) is 4.79 Å². The van der Waals surface area contributed by atoms with Crippen molar-refractivity contribution in [2.24, 2.45) is 5.92 Å². The maximum Gasteiger partial charge on any atom is 0.225 e. The minimum absolute atomic E-state index is 0.257. The molecule has 0 aromatic rings. The Balaban J connectivity index is 2.55. The number of amides is 1. The van der Waals surface area contributed by atoms with Gasteiger partial charge < -0.3 is 4.90 Å². The van der Waals surface area contributed by atoms with Gasteiger partial charge in [0.2, 0.25) is 5.91 Å². The first-order chi connectivity index (χ1) is 4.72. The van der Waals surface area contributed by atoms with E-state index in [1.165, 1.54) is 12.8 Å². The molecular weight excluding hydrogens is 126 g/mol. The van der Waals surface area contributed by atoms with Crippen molar-refractivity contribution >= 4 is 5.91 Å². The van der Waals surface area contributed by atoms with Crippen molar-refractivity contribution in [3.63, 3.8) is 0 Å². The largest absolute Gasteiger partial charge is 0.346 e. The molecule has 0 spiro atoms. The Bertz CT molecular complexity index is 119. The second-order valence-corrected chi connectivity index (χ2v) is 3.16. The van der Waals surface area contributed by atoms with Crippen molar-refractivity contribution < 1.29 is 4.79 Å². The predicted molar refractivity (Wildman–Crippen MR) is 40.7 cm³/mol. The van der Waals surface area contributed by atoms with Crippen LogP contribution in [0.15, 0.2) is 0 Å². The van der Waals surface area contributed by atoms with Crippen LogP contribution in [0.2, 0.25) is 0 Å². The number of rotatable bonds is 0. The van der Waals surface area contributed by atoms with Gasteiger partial charge in [0.05, 0.1) is 0 Å². The highest BCUT2D eigenvalue weighted by atomic mass is 16.2. The third kappa shape index (κ3) is 1.49. The number of hydrogen-bond donors (Lipinski definition) is 0. The summed E-state index contributed by atoms with van der Waals surface area (Å²) in [5.74, 6) is 0.574. The fourth-order valence-corrected chi connectivity index (χ4v) is 1.41. The molecule has 1 aliphatic heterocycles. The summed E-state index contributed by atoms with van der Waals surface area (Å²) in [5.41, 5.74) is 0. The van der Waals surface area contributed by atoms with Gasteiger partial charge in [-0.2, -0.15) is 0 Å². The summed E-state index contributed by atoms with van der Waals surface area (Å²) in [6, 6.07) is 0. The standard InChI is InChI=1S/C8H15NO/c1-7-5-3-4-6-9(2)8(7)10/h7H,3-6H2,1-2H3/t7-/m1/s1. The average molecular weight is 141 g/mol. The highest BCUT2D eigenvalue weighted by molar-refractivity contribution is 5.78. The normalized spacial score (nSPS) is 28.4. The zero-order valence-electron chi connectivity index (χ0n) is 6.76. The van der Waals surface area contributed by atoms with Crippen LogP contribution < -0.4 is 0 Å². The quantitative estimate of drug-likeness (QED) is 0.497. The van der Waals surface area contributed by atoms with Crippen molar-refractivity contribution in [1.82, 2.24) is 4.90 Å². The van der Waals surface area contributed by atoms with E-state index in [0.29, 0.717) is 5.91 Å². The summed E-state index contributed by atoms with van der Waals surface area (Å²) in [5, 5.41) is 0. The molecule has 0 N–H and O–H groups in total. The summed E-state index contributed by atoms with van der Waals surface area (Å²) in [6.07, 6.45) is 3.45. The lowest BCUT2D eigenvalue weighted by Gasteiger charge is -2.16. The van der Waals surface area contributed by atoms with Crippen LogP contribution in [0.1, 0.15) is 26.2 Å². The molecule has 0 aliphatic carbocycles. The molecule has 1 atom stereocenters. The Labute approximate surface area is 62.2 Å². The van der Waals surface area contributed by atoms with Crippen LogP contribution in [0.5, 0.6) is 0 Å².